The summed E-state index contributed by atoms with van der Waals surface area (Å²) in [6.07, 6.45) is 1.47. The number of nitrogens with zero attached hydrogens (tertiary/aromatic N) is 3. The molecule has 0 bridgehead atoms. The second-order valence-corrected chi connectivity index (χ2v) is 6.57. The second-order valence-electron chi connectivity index (χ2n) is 4.57. The van der Waals surface area contributed by atoms with E-state index in [9.17, 15) is 8.42 Å². The van der Waals surface area contributed by atoms with E-state index in [1.165, 1.54) is 21.3 Å². The maximum atomic E-state index is 12.4. The molecule has 0 aliphatic heterocycles. The van der Waals surface area contributed by atoms with Crippen molar-refractivity contribution in [3.8, 4) is 0 Å². The van der Waals surface area contributed by atoms with Gasteiger partial charge in [-0.2, -0.15) is 9.40 Å². The number of hydrogen-bond donors (Lipinski definition) is 1. The van der Waals surface area contributed by atoms with Crippen LogP contribution in [0, 0.1) is 0 Å². The van der Waals surface area contributed by atoms with Crippen molar-refractivity contribution in [2.24, 2.45) is 12.8 Å². The van der Waals surface area contributed by atoms with Crippen molar-refractivity contribution in [1.29, 1.82) is 0 Å². The van der Waals surface area contributed by atoms with Crippen LogP contribution < -0.4 is 5.73 Å². The predicted molar refractivity (Wildman–Crippen MR) is 76.2 cm³/mol. The lowest BCUT2D eigenvalue weighted by Crippen LogP contribution is -2.28. The summed E-state index contributed by atoms with van der Waals surface area (Å²) in [7, 11) is -0.368. The molecule has 0 fully saturated rings. The molecule has 7 heteroatoms. The van der Waals surface area contributed by atoms with Crippen LogP contribution in [0.25, 0.3) is 0 Å². The fourth-order valence-electron chi connectivity index (χ4n) is 1.90. The van der Waals surface area contributed by atoms with Gasteiger partial charge in [-0.1, -0.05) is 24.3 Å². The quantitative estimate of drug-likeness (QED) is 0.880. The van der Waals surface area contributed by atoms with E-state index in [0.717, 1.165) is 11.1 Å². The molecule has 0 aliphatic rings. The molecule has 0 saturated heterocycles. The van der Waals surface area contributed by atoms with Gasteiger partial charge >= 0.3 is 0 Å². The fourth-order valence-corrected chi connectivity index (χ4v) is 3.15. The molecule has 2 aromatic rings. The minimum absolute atomic E-state index is 0.179. The van der Waals surface area contributed by atoms with E-state index in [-0.39, 0.29) is 5.03 Å². The summed E-state index contributed by atoms with van der Waals surface area (Å²) in [5.74, 6) is 0. The number of nitrogens with two attached hydrogens (primary N) is 1. The first-order chi connectivity index (χ1) is 9.45. The van der Waals surface area contributed by atoms with Crippen molar-refractivity contribution >= 4 is 10.0 Å². The smallest absolute Gasteiger partial charge is 0.260 e. The Bertz CT molecular complexity index is 677. The highest BCUT2D eigenvalue weighted by molar-refractivity contribution is 7.89. The van der Waals surface area contributed by atoms with E-state index >= 15 is 0 Å². The lowest BCUT2D eigenvalue weighted by atomic mass is 10.1. The maximum absolute atomic E-state index is 12.4. The van der Waals surface area contributed by atoms with Crippen molar-refractivity contribution in [1.82, 2.24) is 14.1 Å². The monoisotopic (exact) mass is 294 g/mol. The topological polar surface area (TPSA) is 81.2 Å². The normalized spacial score (nSPS) is 12.0. The Labute approximate surface area is 118 Å². The predicted octanol–water partition coefficient (Wildman–Crippen LogP) is 0.700. The summed E-state index contributed by atoms with van der Waals surface area (Å²) in [5.41, 5.74) is 7.47. The van der Waals surface area contributed by atoms with Crippen LogP contribution in [0.15, 0.2) is 41.6 Å². The van der Waals surface area contributed by atoms with Gasteiger partial charge in [0.15, 0.2) is 5.03 Å². The van der Waals surface area contributed by atoms with Gasteiger partial charge in [0.2, 0.25) is 0 Å². The molecule has 0 saturated carbocycles. The Hall–Kier alpha value is -1.70. The molecule has 1 heterocycles. The van der Waals surface area contributed by atoms with Gasteiger partial charge in [0.25, 0.3) is 10.0 Å². The van der Waals surface area contributed by atoms with E-state index in [1.54, 1.807) is 14.1 Å². The summed E-state index contributed by atoms with van der Waals surface area (Å²) in [4.78, 5) is 0. The Balaban J connectivity index is 2.19. The number of aryl methyl sites for hydroxylation is 1. The highest BCUT2D eigenvalue weighted by atomic mass is 32.2. The third-order valence-corrected chi connectivity index (χ3v) is 4.99. The average Bonchev–Trinajstić information content (AvgIpc) is 2.86. The molecule has 20 heavy (non-hydrogen) atoms. The minimum atomic E-state index is -3.53. The summed E-state index contributed by atoms with van der Waals surface area (Å²) >= 11 is 0. The van der Waals surface area contributed by atoms with E-state index in [0.29, 0.717) is 13.1 Å². The van der Waals surface area contributed by atoms with E-state index in [2.05, 4.69) is 5.10 Å². The second kappa shape index (κ2) is 5.74. The van der Waals surface area contributed by atoms with Gasteiger partial charge in [0.1, 0.15) is 0 Å². The zero-order chi connectivity index (χ0) is 14.8. The van der Waals surface area contributed by atoms with E-state index in [4.69, 9.17) is 5.73 Å². The van der Waals surface area contributed by atoms with Crippen LogP contribution in [0.2, 0.25) is 0 Å². The lowest BCUT2D eigenvalue weighted by Gasteiger charge is -2.17. The van der Waals surface area contributed by atoms with Crippen LogP contribution in [-0.4, -0.2) is 29.6 Å². The first-order valence-corrected chi connectivity index (χ1v) is 7.61. The highest BCUT2D eigenvalue weighted by Crippen LogP contribution is 2.16. The molecule has 0 amide bonds. The largest absolute Gasteiger partial charge is 0.326 e. The molecule has 0 spiro atoms. The van der Waals surface area contributed by atoms with Gasteiger partial charge in [-0.25, -0.2) is 8.42 Å². The number of aromatic nitrogens is 2. The zero-order valence-corrected chi connectivity index (χ0v) is 12.3. The molecule has 0 aliphatic carbocycles. The van der Waals surface area contributed by atoms with Gasteiger partial charge in [0.05, 0.1) is 6.20 Å². The summed E-state index contributed by atoms with van der Waals surface area (Å²) in [5, 5.41) is 4.07. The van der Waals surface area contributed by atoms with Crippen LogP contribution in [0.4, 0.5) is 0 Å². The molecule has 108 valence electrons. The maximum Gasteiger partial charge on any atom is 0.260 e. The third kappa shape index (κ3) is 2.90. The Morgan fingerprint density at radius 3 is 2.30 bits per heavy atom. The van der Waals surface area contributed by atoms with Crippen molar-refractivity contribution < 1.29 is 8.42 Å². The third-order valence-electron chi connectivity index (χ3n) is 3.11. The van der Waals surface area contributed by atoms with Crippen molar-refractivity contribution in [3.63, 3.8) is 0 Å². The van der Waals surface area contributed by atoms with Crippen molar-refractivity contribution in [3.05, 3.63) is 47.7 Å². The Morgan fingerprint density at radius 2 is 1.80 bits per heavy atom. The molecule has 0 unspecified atom stereocenters. The summed E-state index contributed by atoms with van der Waals surface area (Å²) in [6, 6.07) is 9.07. The van der Waals surface area contributed by atoms with Gasteiger partial charge in [-0.3, -0.25) is 4.68 Å². The van der Waals surface area contributed by atoms with Crippen LogP contribution in [-0.2, 0) is 30.2 Å². The SMILES string of the molecule is CN(Cc1ccc(CN)cc1)S(=O)(=O)c1ccnn1C. The molecular formula is C13H18N4O2S. The number of hydrogen-bond acceptors (Lipinski definition) is 4. The van der Waals surface area contributed by atoms with Crippen LogP contribution in [0.5, 0.6) is 0 Å². The van der Waals surface area contributed by atoms with Gasteiger partial charge in [0, 0.05) is 27.2 Å². The first kappa shape index (κ1) is 14.7. The van der Waals surface area contributed by atoms with Crippen molar-refractivity contribution in [2.45, 2.75) is 18.1 Å². The van der Waals surface area contributed by atoms with Gasteiger partial charge < -0.3 is 5.73 Å². The Morgan fingerprint density at radius 1 is 1.20 bits per heavy atom. The molecule has 1 aromatic carbocycles. The number of benzene rings is 1. The molecule has 2 N–H and O–H groups in total. The number of rotatable bonds is 5. The molecule has 1 aromatic heterocycles. The van der Waals surface area contributed by atoms with Gasteiger partial charge in [-0.05, 0) is 17.2 Å². The van der Waals surface area contributed by atoms with E-state index in [1.807, 2.05) is 24.3 Å². The fraction of sp³-hybridized carbons (Fsp3) is 0.308. The zero-order valence-electron chi connectivity index (χ0n) is 11.5. The molecule has 0 atom stereocenters. The molecular weight excluding hydrogens is 276 g/mol. The van der Waals surface area contributed by atoms with Crippen LogP contribution in [0.3, 0.4) is 0 Å². The molecule has 0 radical (unpaired) electrons. The standard InChI is InChI=1S/C13H18N4O2S/c1-16(10-12-5-3-11(9-14)4-6-12)20(18,19)13-7-8-15-17(13)2/h3-8H,9-10,14H2,1-2H3. The Kier molecular flexibility index (Phi) is 4.22. The summed E-state index contributed by atoms with van der Waals surface area (Å²) < 4.78 is 27.4. The highest BCUT2D eigenvalue weighted by Gasteiger charge is 2.23. The summed E-state index contributed by atoms with van der Waals surface area (Å²) in [6.45, 7) is 0.780. The van der Waals surface area contributed by atoms with Crippen LogP contribution >= 0.6 is 0 Å². The average molecular weight is 294 g/mol. The molecule has 2 rings (SSSR count). The molecule has 6 nitrogen and oxygen atoms in total. The van der Waals surface area contributed by atoms with E-state index < -0.39 is 10.0 Å². The van der Waals surface area contributed by atoms with Crippen LogP contribution in [0.1, 0.15) is 11.1 Å². The minimum Gasteiger partial charge on any atom is -0.326 e. The lowest BCUT2D eigenvalue weighted by molar-refractivity contribution is 0.457. The number of sulfonamides is 1. The first-order valence-electron chi connectivity index (χ1n) is 6.17. The van der Waals surface area contributed by atoms with Gasteiger partial charge in [-0.15, -0.1) is 0 Å². The van der Waals surface area contributed by atoms with Crippen molar-refractivity contribution in [2.75, 3.05) is 7.05 Å².